The fourth-order valence-electron chi connectivity index (χ4n) is 15.4. The number of Topliss-reactive ketones (excluding diaryl/α,β-unsaturated/α-hetero) is 1. The standard InChI is InChI=1S/C89H110O23Si/c1-54(90)29-40-77(91)105-71-38-41-78(98-55(71)2)109-84-57(4)102-82(48-74(84)96-52-62-31-33-64-22-18-20-28-68(64)46-62)108-76-50-83(103-60(7)87(76)112-89(93)66-25-15-12-16-26-66)106-72-39-42-79(99-56(72)3)110-85-58(5)101-81(47-73(85)95-51-61-30-32-63-21-17-19-27-67(63)45-61)107-75-49-80(100-59(6)86(75)111-88(92)65-23-13-11-14-24-65)104-70-36-34-69(35-37-70)97-53-94-43-44-113(8,9)10/h11-28,30-37,45-46,55-60,71-76,78-87H,29,38-44,47-53H2,1-10H3/t55-,56-,57+,58+,59+,60+,71-,72-,73+,74+,75+,76+,78-,79-,80-,81-,82-,83-,84+,85+,86+,87+/m0/s1. The second-order valence-corrected chi connectivity index (χ2v) is 37.4. The molecule has 7 aromatic rings. The van der Waals surface area contributed by atoms with Crippen molar-refractivity contribution in [1.82, 2.24) is 0 Å². The molecule has 0 unspecified atom stereocenters. The summed E-state index contributed by atoms with van der Waals surface area (Å²) >= 11 is 0. The van der Waals surface area contributed by atoms with Crippen LogP contribution in [0.15, 0.2) is 170 Å². The third kappa shape index (κ3) is 23.4. The predicted molar refractivity (Wildman–Crippen MR) is 420 cm³/mol. The van der Waals surface area contributed by atoms with Crippen molar-refractivity contribution in [3.05, 3.63) is 192 Å². The summed E-state index contributed by atoms with van der Waals surface area (Å²) in [6.45, 7) is 21.0. The van der Waals surface area contributed by atoms with E-state index >= 15 is 0 Å². The summed E-state index contributed by atoms with van der Waals surface area (Å²) in [6, 6.07) is 54.8. The Morgan fingerprint density at radius 3 is 1.28 bits per heavy atom. The van der Waals surface area contributed by atoms with E-state index in [1.165, 1.54) is 6.92 Å². The molecule has 608 valence electrons. The van der Waals surface area contributed by atoms with Gasteiger partial charge in [0.25, 0.3) is 0 Å². The van der Waals surface area contributed by atoms with Crippen molar-refractivity contribution in [2.75, 3.05) is 13.4 Å². The molecule has 113 heavy (non-hydrogen) atoms. The Hall–Kier alpha value is -7.60. The fourth-order valence-corrected chi connectivity index (χ4v) is 16.2. The molecule has 6 saturated heterocycles. The third-order valence-corrected chi connectivity index (χ3v) is 23.4. The Morgan fingerprint density at radius 2 is 0.805 bits per heavy atom. The Labute approximate surface area is 663 Å². The average Bonchev–Trinajstić information content (AvgIpc) is 0.788. The van der Waals surface area contributed by atoms with Crippen molar-refractivity contribution in [2.24, 2.45) is 0 Å². The van der Waals surface area contributed by atoms with Gasteiger partial charge in [-0.15, -0.1) is 0 Å². The highest BCUT2D eigenvalue weighted by atomic mass is 28.3. The molecule has 0 aliphatic carbocycles. The molecule has 24 heteroatoms. The van der Waals surface area contributed by atoms with Gasteiger partial charge in [-0.25, -0.2) is 9.59 Å². The molecule has 0 radical (unpaired) electrons. The second-order valence-electron chi connectivity index (χ2n) is 31.8. The molecule has 6 fully saturated rings. The van der Waals surface area contributed by atoms with Crippen LogP contribution in [0.25, 0.3) is 21.5 Å². The van der Waals surface area contributed by atoms with Crippen LogP contribution in [0.3, 0.4) is 0 Å². The molecule has 0 aromatic heterocycles. The molecule has 6 heterocycles. The molecule has 13 rings (SSSR count). The van der Waals surface area contributed by atoms with E-state index < -0.39 is 161 Å². The van der Waals surface area contributed by atoms with Crippen molar-refractivity contribution in [3.8, 4) is 11.5 Å². The van der Waals surface area contributed by atoms with E-state index in [0.29, 0.717) is 54.9 Å². The van der Waals surface area contributed by atoms with Gasteiger partial charge in [-0.2, -0.15) is 0 Å². The zero-order chi connectivity index (χ0) is 79.1. The highest BCUT2D eigenvalue weighted by Gasteiger charge is 2.50. The Kier molecular flexibility index (Phi) is 29.0. The van der Waals surface area contributed by atoms with Crippen LogP contribution >= 0.6 is 0 Å². The van der Waals surface area contributed by atoms with Crippen LogP contribution in [0.4, 0.5) is 0 Å². The number of carbonyl (C=O) groups excluding carboxylic acids is 4. The van der Waals surface area contributed by atoms with Crippen molar-refractivity contribution < 1.29 is 109 Å². The first-order valence-electron chi connectivity index (χ1n) is 40.1. The molecule has 6 aliphatic rings. The number of hydrogen-bond acceptors (Lipinski definition) is 23. The maximum Gasteiger partial charge on any atom is 0.338 e. The van der Waals surface area contributed by atoms with Crippen LogP contribution < -0.4 is 9.47 Å². The molecule has 0 N–H and O–H groups in total. The molecule has 0 amide bonds. The third-order valence-electron chi connectivity index (χ3n) is 21.7. The SMILES string of the molecule is CC(=O)CCC(=O)O[C@H]1CC[C@H](O[C@@H]2[C@@H](C)O[C@@H](O[C@@H]3C[C@H](O[C@H]4CC[C@H](O[C@@H]5[C@@H](C)O[C@@H](O[C@@H]6C[C@H](Oc7ccc(OCOCC[Si](C)(C)C)cc7)O[C@H](C)[C@H]6OC(=O)c6ccccc6)C[C@H]5OCc5ccc6ccccc6c5)O[C@H]4C)O[C@H](C)[C@H]3OC(=O)c3ccccc3)C[C@H]2OCc2ccc3ccccc3c2)O[C@H]1C. The first-order valence-corrected chi connectivity index (χ1v) is 43.8. The summed E-state index contributed by atoms with van der Waals surface area (Å²) in [5.41, 5.74) is 2.69. The minimum atomic E-state index is -1.25. The minimum absolute atomic E-state index is 0.00537. The van der Waals surface area contributed by atoms with E-state index in [1.807, 2.05) is 102 Å². The van der Waals surface area contributed by atoms with E-state index in [4.69, 9.17) is 90.0 Å². The van der Waals surface area contributed by atoms with E-state index in [-0.39, 0.29) is 64.3 Å². The summed E-state index contributed by atoms with van der Waals surface area (Å²) in [6.07, 6.45) is -12.3. The fraction of sp³-hybridized carbons (Fsp3) is 0.528. The molecule has 0 saturated carbocycles. The zero-order valence-electron chi connectivity index (χ0n) is 66.4. The van der Waals surface area contributed by atoms with E-state index in [1.54, 1.807) is 48.5 Å². The molecule has 23 nitrogen and oxygen atoms in total. The summed E-state index contributed by atoms with van der Waals surface area (Å²) < 4.78 is 125. The van der Waals surface area contributed by atoms with Crippen LogP contribution in [0.5, 0.6) is 11.5 Å². The molecular weight excluding hydrogens is 1470 g/mol. The van der Waals surface area contributed by atoms with Crippen LogP contribution in [0, 0.1) is 0 Å². The van der Waals surface area contributed by atoms with Gasteiger partial charge in [-0.1, -0.05) is 129 Å². The maximum absolute atomic E-state index is 14.0. The minimum Gasteiger partial charge on any atom is -0.468 e. The number of rotatable bonds is 32. The summed E-state index contributed by atoms with van der Waals surface area (Å²) in [5, 5.41) is 4.38. The largest absolute Gasteiger partial charge is 0.468 e. The van der Waals surface area contributed by atoms with Crippen LogP contribution in [0.2, 0.25) is 25.7 Å². The van der Waals surface area contributed by atoms with Gasteiger partial charge in [-0.3, -0.25) is 4.79 Å². The zero-order valence-corrected chi connectivity index (χ0v) is 67.4. The van der Waals surface area contributed by atoms with Gasteiger partial charge in [-0.05, 0) is 161 Å². The number of ketones is 1. The predicted octanol–water partition coefficient (Wildman–Crippen LogP) is 15.5. The van der Waals surface area contributed by atoms with E-state index in [9.17, 15) is 19.2 Å². The molecule has 0 bridgehead atoms. The Morgan fingerprint density at radius 1 is 0.389 bits per heavy atom. The van der Waals surface area contributed by atoms with E-state index in [0.717, 1.165) is 38.7 Å². The lowest BCUT2D eigenvalue weighted by Crippen LogP contribution is -2.57. The summed E-state index contributed by atoms with van der Waals surface area (Å²) in [5.74, 6) is -0.412. The number of carbonyl (C=O) groups is 4. The van der Waals surface area contributed by atoms with Gasteiger partial charge in [0.15, 0.2) is 50.5 Å². The Bertz CT molecular complexity index is 4200. The van der Waals surface area contributed by atoms with Gasteiger partial charge >= 0.3 is 17.9 Å². The molecule has 7 aromatic carbocycles. The van der Waals surface area contributed by atoms with Crippen LogP contribution in [-0.4, -0.2) is 181 Å². The van der Waals surface area contributed by atoms with Crippen molar-refractivity contribution in [2.45, 2.75) is 287 Å². The smallest absolute Gasteiger partial charge is 0.338 e. The van der Waals surface area contributed by atoms with E-state index in [2.05, 4.69) is 80.3 Å². The first kappa shape index (κ1) is 83.3. The second kappa shape index (κ2) is 39.4. The molecule has 22 atom stereocenters. The molecular formula is C89H110O23Si. The Balaban J connectivity index is 0.680. The lowest BCUT2D eigenvalue weighted by Gasteiger charge is -2.46. The number of ether oxygens (including phenoxy) is 19. The van der Waals surface area contributed by atoms with Gasteiger partial charge in [0.2, 0.25) is 6.29 Å². The van der Waals surface area contributed by atoms with Crippen molar-refractivity contribution >= 4 is 53.3 Å². The summed E-state index contributed by atoms with van der Waals surface area (Å²) in [4.78, 5) is 52.2. The monoisotopic (exact) mass is 1570 g/mol. The summed E-state index contributed by atoms with van der Waals surface area (Å²) in [7, 11) is -1.25. The maximum atomic E-state index is 14.0. The van der Waals surface area contributed by atoms with Crippen LogP contribution in [0.1, 0.15) is 145 Å². The van der Waals surface area contributed by atoms with Gasteiger partial charge in [0.05, 0.1) is 85.7 Å². The first-order chi connectivity index (χ1) is 54.5. The van der Waals surface area contributed by atoms with Crippen molar-refractivity contribution in [3.63, 3.8) is 0 Å². The van der Waals surface area contributed by atoms with Gasteiger partial charge in [0.1, 0.15) is 47.8 Å². The number of fused-ring (bicyclic) bond motifs is 2. The number of benzene rings is 7. The van der Waals surface area contributed by atoms with Crippen LogP contribution in [-0.2, 0) is 103 Å². The van der Waals surface area contributed by atoms with Crippen molar-refractivity contribution in [1.29, 1.82) is 0 Å². The molecule has 0 spiro atoms. The lowest BCUT2D eigenvalue weighted by atomic mass is 9.99. The normalized spacial score (nSPS) is 30.9. The average molecular weight is 1580 g/mol. The number of hydrogen-bond donors (Lipinski definition) is 0. The highest BCUT2D eigenvalue weighted by molar-refractivity contribution is 6.76. The highest BCUT2D eigenvalue weighted by Crippen LogP contribution is 2.40. The quantitative estimate of drug-likeness (QED) is 0.0125. The number of esters is 3. The lowest BCUT2D eigenvalue weighted by molar-refractivity contribution is -0.342. The van der Waals surface area contributed by atoms with Gasteiger partial charge < -0.3 is 94.8 Å². The molecule has 6 aliphatic heterocycles. The topological polar surface area (TPSA) is 244 Å². The van der Waals surface area contributed by atoms with Gasteiger partial charge in [0, 0.05) is 59.6 Å².